The molecule has 1 aromatic carbocycles. The standard InChI is InChI=1S/C13H15N5O3S/c1-3-11-15-16-13(17(11)2)22-8-12(19)14-9-5-4-6-10(7-9)18(20)21/h4-7H,3,8H2,1-2H3,(H,14,19). The number of aromatic nitrogens is 3. The number of nitrogens with one attached hydrogen (secondary N) is 1. The average Bonchev–Trinajstić information content (AvgIpc) is 2.85. The molecule has 0 aliphatic heterocycles. The van der Waals surface area contributed by atoms with Crippen molar-refractivity contribution < 1.29 is 9.72 Å². The van der Waals surface area contributed by atoms with Crippen LogP contribution in [0.2, 0.25) is 0 Å². The van der Waals surface area contributed by atoms with E-state index in [0.717, 1.165) is 12.2 Å². The van der Waals surface area contributed by atoms with Gasteiger partial charge in [0.2, 0.25) is 5.91 Å². The van der Waals surface area contributed by atoms with Gasteiger partial charge in [0.1, 0.15) is 5.82 Å². The molecular formula is C13H15N5O3S. The molecule has 0 spiro atoms. The molecule has 116 valence electrons. The number of nitro benzene ring substituents is 1. The summed E-state index contributed by atoms with van der Waals surface area (Å²) in [5, 5.41) is 22.0. The Kier molecular flexibility index (Phi) is 5.10. The monoisotopic (exact) mass is 321 g/mol. The van der Waals surface area contributed by atoms with Crippen LogP contribution in [0.5, 0.6) is 0 Å². The van der Waals surface area contributed by atoms with Gasteiger partial charge in [0.25, 0.3) is 5.69 Å². The van der Waals surface area contributed by atoms with Crippen molar-refractivity contribution in [3.05, 3.63) is 40.2 Å². The molecule has 1 aromatic heterocycles. The van der Waals surface area contributed by atoms with Crippen LogP contribution >= 0.6 is 11.8 Å². The molecule has 22 heavy (non-hydrogen) atoms. The number of carbonyl (C=O) groups excluding carboxylic acids is 1. The van der Waals surface area contributed by atoms with E-state index < -0.39 is 4.92 Å². The number of benzene rings is 1. The van der Waals surface area contributed by atoms with E-state index in [1.54, 1.807) is 6.07 Å². The lowest BCUT2D eigenvalue weighted by molar-refractivity contribution is -0.384. The molecule has 1 amide bonds. The summed E-state index contributed by atoms with van der Waals surface area (Å²) >= 11 is 1.26. The van der Waals surface area contributed by atoms with Crippen molar-refractivity contribution in [2.45, 2.75) is 18.5 Å². The number of rotatable bonds is 6. The first kappa shape index (κ1) is 16.0. The van der Waals surface area contributed by atoms with E-state index in [9.17, 15) is 14.9 Å². The fraction of sp³-hybridized carbons (Fsp3) is 0.308. The molecule has 0 unspecified atom stereocenters. The van der Waals surface area contributed by atoms with Crippen LogP contribution in [-0.2, 0) is 18.3 Å². The largest absolute Gasteiger partial charge is 0.325 e. The first-order valence-corrected chi connectivity index (χ1v) is 7.55. The number of carbonyl (C=O) groups is 1. The highest BCUT2D eigenvalue weighted by Crippen LogP contribution is 2.19. The number of hydrogen-bond donors (Lipinski definition) is 1. The van der Waals surface area contributed by atoms with E-state index in [1.807, 2.05) is 18.5 Å². The topological polar surface area (TPSA) is 103 Å². The molecular weight excluding hydrogens is 306 g/mol. The number of nitrogens with zero attached hydrogens (tertiary/aromatic N) is 4. The molecule has 9 heteroatoms. The van der Waals surface area contributed by atoms with E-state index in [1.165, 1.54) is 30.0 Å². The number of non-ortho nitro benzene ring substituents is 1. The van der Waals surface area contributed by atoms with Crippen LogP contribution in [0.15, 0.2) is 29.4 Å². The Hall–Kier alpha value is -2.42. The lowest BCUT2D eigenvalue weighted by atomic mass is 10.3. The minimum Gasteiger partial charge on any atom is -0.325 e. The molecule has 0 saturated carbocycles. The predicted octanol–water partition coefficient (Wildman–Crippen LogP) is 2.02. The smallest absolute Gasteiger partial charge is 0.271 e. The first-order chi connectivity index (χ1) is 10.5. The van der Waals surface area contributed by atoms with Crippen LogP contribution in [-0.4, -0.2) is 31.3 Å². The summed E-state index contributed by atoms with van der Waals surface area (Å²) in [5.41, 5.74) is 0.332. The maximum atomic E-state index is 11.9. The zero-order chi connectivity index (χ0) is 16.1. The lowest BCUT2D eigenvalue weighted by Crippen LogP contribution is -2.14. The Bertz CT molecular complexity index is 701. The Morgan fingerprint density at radius 2 is 2.23 bits per heavy atom. The molecule has 0 atom stereocenters. The van der Waals surface area contributed by atoms with Crippen LogP contribution in [0, 0.1) is 10.1 Å². The lowest BCUT2D eigenvalue weighted by Gasteiger charge is -2.05. The Morgan fingerprint density at radius 3 is 2.86 bits per heavy atom. The fourth-order valence-electron chi connectivity index (χ4n) is 1.80. The SMILES string of the molecule is CCc1nnc(SCC(=O)Nc2cccc([N+](=O)[O-])c2)n1C. The van der Waals surface area contributed by atoms with Crippen molar-refractivity contribution in [3.63, 3.8) is 0 Å². The van der Waals surface area contributed by atoms with E-state index in [4.69, 9.17) is 0 Å². The number of hydrogen-bond acceptors (Lipinski definition) is 6. The van der Waals surface area contributed by atoms with Gasteiger partial charge in [0.05, 0.1) is 10.7 Å². The molecule has 2 aromatic rings. The Morgan fingerprint density at radius 1 is 1.45 bits per heavy atom. The minimum atomic E-state index is -0.504. The van der Waals surface area contributed by atoms with Crippen molar-refractivity contribution in [1.29, 1.82) is 0 Å². The third-order valence-electron chi connectivity index (χ3n) is 2.91. The fourth-order valence-corrected chi connectivity index (χ4v) is 2.53. The second-order valence-electron chi connectivity index (χ2n) is 4.46. The van der Waals surface area contributed by atoms with Gasteiger partial charge in [-0.3, -0.25) is 14.9 Å². The highest BCUT2D eigenvalue weighted by molar-refractivity contribution is 7.99. The summed E-state index contributed by atoms with van der Waals surface area (Å²) in [6.07, 6.45) is 0.768. The Balaban J connectivity index is 1.94. The minimum absolute atomic E-state index is 0.0636. The second-order valence-corrected chi connectivity index (χ2v) is 5.40. The van der Waals surface area contributed by atoms with Crippen LogP contribution in [0.4, 0.5) is 11.4 Å². The molecule has 1 heterocycles. The zero-order valence-corrected chi connectivity index (χ0v) is 13.0. The molecule has 1 N–H and O–H groups in total. The van der Waals surface area contributed by atoms with Gasteiger partial charge in [-0.25, -0.2) is 0 Å². The van der Waals surface area contributed by atoms with Crippen molar-refractivity contribution >= 4 is 29.0 Å². The van der Waals surface area contributed by atoms with Crippen LogP contribution in [0.1, 0.15) is 12.7 Å². The maximum Gasteiger partial charge on any atom is 0.271 e. The normalized spacial score (nSPS) is 10.5. The number of aryl methyl sites for hydroxylation is 1. The van der Waals surface area contributed by atoms with E-state index in [0.29, 0.717) is 10.8 Å². The summed E-state index contributed by atoms with van der Waals surface area (Å²) in [5.74, 6) is 0.742. The van der Waals surface area contributed by atoms with E-state index >= 15 is 0 Å². The predicted molar refractivity (Wildman–Crippen MR) is 82.8 cm³/mol. The second kappa shape index (κ2) is 7.03. The molecule has 0 aliphatic carbocycles. The molecule has 0 saturated heterocycles. The number of thioether (sulfide) groups is 1. The molecule has 8 nitrogen and oxygen atoms in total. The zero-order valence-electron chi connectivity index (χ0n) is 12.1. The molecule has 2 rings (SSSR count). The molecule has 0 radical (unpaired) electrons. The summed E-state index contributed by atoms with van der Waals surface area (Å²) in [4.78, 5) is 22.1. The summed E-state index contributed by atoms with van der Waals surface area (Å²) in [6.45, 7) is 1.98. The third kappa shape index (κ3) is 3.82. The number of anilines is 1. The van der Waals surface area contributed by atoms with Gasteiger partial charge in [-0.1, -0.05) is 24.8 Å². The van der Waals surface area contributed by atoms with Gasteiger partial charge in [-0.05, 0) is 6.07 Å². The average molecular weight is 321 g/mol. The highest BCUT2D eigenvalue weighted by atomic mass is 32.2. The highest BCUT2D eigenvalue weighted by Gasteiger charge is 2.12. The van der Waals surface area contributed by atoms with Crippen molar-refractivity contribution in [1.82, 2.24) is 14.8 Å². The molecule has 0 bridgehead atoms. The quantitative estimate of drug-likeness (QED) is 0.496. The van der Waals surface area contributed by atoms with Crippen LogP contribution in [0.25, 0.3) is 0 Å². The maximum absolute atomic E-state index is 11.9. The van der Waals surface area contributed by atoms with Crippen molar-refractivity contribution in [2.24, 2.45) is 7.05 Å². The molecule has 0 fully saturated rings. The van der Waals surface area contributed by atoms with Gasteiger partial charge >= 0.3 is 0 Å². The van der Waals surface area contributed by atoms with Gasteiger partial charge in [-0.2, -0.15) is 0 Å². The van der Waals surface area contributed by atoms with Crippen LogP contribution in [0.3, 0.4) is 0 Å². The van der Waals surface area contributed by atoms with Gasteiger partial charge in [0, 0.05) is 31.3 Å². The Labute approximate surface area is 131 Å². The summed E-state index contributed by atoms with van der Waals surface area (Å²) in [6, 6.07) is 5.82. The van der Waals surface area contributed by atoms with Gasteiger partial charge < -0.3 is 9.88 Å². The van der Waals surface area contributed by atoms with Crippen LogP contribution < -0.4 is 5.32 Å². The first-order valence-electron chi connectivity index (χ1n) is 6.56. The van der Waals surface area contributed by atoms with Gasteiger partial charge in [-0.15, -0.1) is 10.2 Å². The summed E-state index contributed by atoms with van der Waals surface area (Å²) in [7, 11) is 1.85. The van der Waals surface area contributed by atoms with Crippen molar-refractivity contribution in [2.75, 3.05) is 11.1 Å². The molecule has 0 aliphatic rings. The van der Waals surface area contributed by atoms with E-state index in [-0.39, 0.29) is 17.3 Å². The summed E-state index contributed by atoms with van der Waals surface area (Å²) < 4.78 is 1.84. The third-order valence-corrected chi connectivity index (χ3v) is 3.93. The van der Waals surface area contributed by atoms with Gasteiger partial charge in [0.15, 0.2) is 5.16 Å². The number of nitro groups is 1. The van der Waals surface area contributed by atoms with Crippen molar-refractivity contribution in [3.8, 4) is 0 Å². The van der Waals surface area contributed by atoms with E-state index in [2.05, 4.69) is 15.5 Å². The number of amides is 1.